The molecule has 0 aromatic carbocycles. The number of hydrogen-bond acceptors (Lipinski definition) is 6. The molecule has 0 bridgehead atoms. The van der Waals surface area contributed by atoms with Gasteiger partial charge in [0.05, 0.1) is 6.61 Å². The van der Waals surface area contributed by atoms with Gasteiger partial charge in [0, 0.05) is 6.04 Å². The van der Waals surface area contributed by atoms with E-state index in [-0.39, 0.29) is 12.6 Å². The van der Waals surface area contributed by atoms with Gasteiger partial charge in [0.1, 0.15) is 17.9 Å². The average molecular weight is 291 g/mol. The van der Waals surface area contributed by atoms with Crippen LogP contribution >= 0.6 is 0 Å². The molecule has 0 saturated heterocycles. The summed E-state index contributed by atoms with van der Waals surface area (Å²) < 4.78 is 27.7. The van der Waals surface area contributed by atoms with Crippen LogP contribution in [0.15, 0.2) is 0 Å². The summed E-state index contributed by atoms with van der Waals surface area (Å²) in [5, 5.41) is 2.52. The molecule has 19 heavy (non-hydrogen) atoms. The van der Waals surface area contributed by atoms with Crippen molar-refractivity contribution in [2.45, 2.75) is 32.2 Å². The monoisotopic (exact) mass is 291 g/mol. The summed E-state index contributed by atoms with van der Waals surface area (Å²) in [5.74, 6) is -3.67. The molecule has 0 heterocycles. The number of rotatable bonds is 8. The third-order valence-electron chi connectivity index (χ3n) is 2.32. The highest BCUT2D eigenvalue weighted by Gasteiger charge is 2.27. The van der Waals surface area contributed by atoms with Crippen molar-refractivity contribution in [2.75, 3.05) is 18.1 Å². The smallest absolute Gasteiger partial charge is 0.313 e. The molecular weight excluding hydrogens is 274 g/mol. The second-order valence-electron chi connectivity index (χ2n) is 4.39. The summed E-state index contributed by atoms with van der Waals surface area (Å²) in [6.45, 7) is 1.71. The predicted octanol–water partition coefficient (Wildman–Crippen LogP) is -0.798. The molecule has 0 atom stereocenters. The van der Waals surface area contributed by atoms with Crippen LogP contribution in [0.4, 0.5) is 0 Å². The fourth-order valence-electron chi connectivity index (χ4n) is 1.42. The zero-order valence-corrected chi connectivity index (χ0v) is 11.5. The van der Waals surface area contributed by atoms with Crippen molar-refractivity contribution in [1.29, 1.82) is 0 Å². The van der Waals surface area contributed by atoms with E-state index < -0.39 is 45.4 Å². The molecule has 0 aromatic heterocycles. The van der Waals surface area contributed by atoms with Gasteiger partial charge in [-0.1, -0.05) is 0 Å². The molecule has 1 saturated carbocycles. The first kappa shape index (κ1) is 15.6. The van der Waals surface area contributed by atoms with Crippen LogP contribution in [0, 0.1) is 0 Å². The van der Waals surface area contributed by atoms with Gasteiger partial charge in [-0.3, -0.25) is 14.4 Å². The Hall–Kier alpha value is -1.44. The largest absolute Gasteiger partial charge is 0.466 e. The van der Waals surface area contributed by atoms with Gasteiger partial charge in [-0.15, -0.1) is 0 Å². The molecule has 0 unspecified atom stereocenters. The molecular formula is C11H17NO6S. The topological polar surface area (TPSA) is 107 Å². The van der Waals surface area contributed by atoms with Gasteiger partial charge >= 0.3 is 5.97 Å². The fraction of sp³-hybridized carbons (Fsp3) is 0.727. The van der Waals surface area contributed by atoms with Crippen LogP contribution < -0.4 is 5.32 Å². The van der Waals surface area contributed by atoms with Gasteiger partial charge in [0.15, 0.2) is 15.6 Å². The van der Waals surface area contributed by atoms with E-state index in [9.17, 15) is 22.8 Å². The Labute approximate surface area is 111 Å². The summed E-state index contributed by atoms with van der Waals surface area (Å²) in [6, 6.07) is 0.0675. The first-order chi connectivity index (χ1) is 8.82. The summed E-state index contributed by atoms with van der Waals surface area (Å²) >= 11 is 0. The maximum absolute atomic E-state index is 11.6. The minimum absolute atomic E-state index is 0.0675. The molecule has 0 spiro atoms. The highest BCUT2D eigenvalue weighted by molar-refractivity contribution is 7.92. The fourth-order valence-corrected chi connectivity index (χ4v) is 2.59. The van der Waals surface area contributed by atoms with Gasteiger partial charge in [0.25, 0.3) is 0 Å². The molecule has 0 aliphatic heterocycles. The number of carbonyl (C=O) groups excluding carboxylic acids is 3. The standard InChI is InChI=1S/C11H17NO6S/c1-2-18-11(15)5-9(13)6-19(16,17)7-10(14)12-8-3-4-8/h8H,2-7H2,1H3,(H,12,14). The highest BCUT2D eigenvalue weighted by atomic mass is 32.2. The van der Waals surface area contributed by atoms with Crippen molar-refractivity contribution in [1.82, 2.24) is 5.32 Å². The van der Waals surface area contributed by atoms with Crippen molar-refractivity contribution < 1.29 is 27.5 Å². The molecule has 108 valence electrons. The molecule has 1 aliphatic carbocycles. The SMILES string of the molecule is CCOC(=O)CC(=O)CS(=O)(=O)CC(=O)NC1CC1. The van der Waals surface area contributed by atoms with E-state index >= 15 is 0 Å². The first-order valence-corrected chi connectivity index (χ1v) is 7.81. The molecule has 0 aromatic rings. The predicted molar refractivity (Wildman–Crippen MR) is 66.1 cm³/mol. The highest BCUT2D eigenvalue weighted by Crippen LogP contribution is 2.18. The summed E-state index contributed by atoms with van der Waals surface area (Å²) in [6.07, 6.45) is 1.12. The van der Waals surface area contributed by atoms with Gasteiger partial charge in [-0.05, 0) is 19.8 Å². The Morgan fingerprint density at radius 3 is 2.37 bits per heavy atom. The van der Waals surface area contributed by atoms with Crippen molar-refractivity contribution in [3.63, 3.8) is 0 Å². The Balaban J connectivity index is 2.37. The van der Waals surface area contributed by atoms with Gasteiger partial charge < -0.3 is 10.1 Å². The minimum Gasteiger partial charge on any atom is -0.466 e. The van der Waals surface area contributed by atoms with Gasteiger partial charge in [0.2, 0.25) is 5.91 Å². The third-order valence-corrected chi connectivity index (χ3v) is 3.79. The Morgan fingerprint density at radius 2 is 1.84 bits per heavy atom. The number of ketones is 1. The van der Waals surface area contributed by atoms with Crippen molar-refractivity contribution in [3.8, 4) is 0 Å². The number of hydrogen-bond donors (Lipinski definition) is 1. The van der Waals surface area contributed by atoms with Crippen molar-refractivity contribution >= 4 is 27.5 Å². The van der Waals surface area contributed by atoms with Crippen LogP contribution in [0.2, 0.25) is 0 Å². The molecule has 8 heteroatoms. The lowest BCUT2D eigenvalue weighted by molar-refractivity contribution is -0.145. The summed E-state index contributed by atoms with van der Waals surface area (Å²) in [5.41, 5.74) is 0. The summed E-state index contributed by atoms with van der Waals surface area (Å²) in [7, 11) is -3.83. The van der Waals surface area contributed by atoms with E-state index in [0.29, 0.717) is 0 Å². The Morgan fingerprint density at radius 1 is 1.21 bits per heavy atom. The molecule has 7 nitrogen and oxygen atoms in total. The lowest BCUT2D eigenvalue weighted by Gasteiger charge is -2.05. The number of ether oxygens (including phenoxy) is 1. The minimum atomic E-state index is -3.83. The van der Waals surface area contributed by atoms with E-state index in [1.807, 2.05) is 0 Å². The van der Waals surface area contributed by atoms with Crippen LogP contribution in [-0.4, -0.2) is 50.2 Å². The van der Waals surface area contributed by atoms with E-state index in [1.165, 1.54) is 0 Å². The summed E-state index contributed by atoms with van der Waals surface area (Å²) in [4.78, 5) is 33.7. The van der Waals surface area contributed by atoms with Crippen molar-refractivity contribution in [3.05, 3.63) is 0 Å². The molecule has 1 fully saturated rings. The second kappa shape index (κ2) is 6.65. The third kappa shape index (κ3) is 6.90. The zero-order chi connectivity index (χ0) is 14.5. The lowest BCUT2D eigenvalue weighted by Crippen LogP contribution is -2.34. The van der Waals surface area contributed by atoms with Gasteiger partial charge in [-0.2, -0.15) is 0 Å². The maximum atomic E-state index is 11.6. The van der Waals surface area contributed by atoms with Crippen molar-refractivity contribution in [2.24, 2.45) is 0 Å². The number of sulfone groups is 1. The molecule has 1 rings (SSSR count). The molecule has 1 aliphatic rings. The van der Waals surface area contributed by atoms with Gasteiger partial charge in [-0.25, -0.2) is 8.42 Å². The number of carbonyl (C=O) groups is 3. The van der Waals surface area contributed by atoms with E-state index in [4.69, 9.17) is 0 Å². The first-order valence-electron chi connectivity index (χ1n) is 5.99. The molecule has 1 amide bonds. The quantitative estimate of drug-likeness (QED) is 0.463. The van der Waals surface area contributed by atoms with Crippen LogP contribution in [0.3, 0.4) is 0 Å². The zero-order valence-electron chi connectivity index (χ0n) is 10.7. The number of nitrogens with one attached hydrogen (secondary N) is 1. The van der Waals surface area contributed by atoms with Crippen LogP contribution in [0.5, 0.6) is 0 Å². The number of Topliss-reactive ketones (excluding diaryl/α,β-unsaturated/α-hetero) is 1. The van der Waals surface area contributed by atoms with Crippen LogP contribution in [0.1, 0.15) is 26.2 Å². The maximum Gasteiger partial charge on any atom is 0.313 e. The van der Waals surface area contributed by atoms with E-state index in [1.54, 1.807) is 6.92 Å². The molecule has 1 N–H and O–H groups in total. The van der Waals surface area contributed by atoms with E-state index in [2.05, 4.69) is 10.1 Å². The Kier molecular flexibility index (Phi) is 5.46. The second-order valence-corrected chi connectivity index (χ2v) is 6.46. The van der Waals surface area contributed by atoms with Crippen LogP contribution in [-0.2, 0) is 29.0 Å². The molecule has 0 radical (unpaired) electrons. The number of esters is 1. The van der Waals surface area contributed by atoms with E-state index in [0.717, 1.165) is 12.8 Å². The Bertz CT molecular complexity index is 466. The normalized spacial score (nSPS) is 14.8. The number of amides is 1. The lowest BCUT2D eigenvalue weighted by atomic mass is 10.3. The average Bonchev–Trinajstić information content (AvgIpc) is 2.98. The van der Waals surface area contributed by atoms with Crippen LogP contribution in [0.25, 0.3) is 0 Å².